The lowest BCUT2D eigenvalue weighted by atomic mass is 10.0. The fourth-order valence-corrected chi connectivity index (χ4v) is 5.38. The summed E-state index contributed by atoms with van der Waals surface area (Å²) < 4.78 is 41.7. The number of nitrogens with zero attached hydrogens (tertiary/aromatic N) is 2. The quantitative estimate of drug-likeness (QED) is 0.684. The number of hydrogen-bond acceptors (Lipinski definition) is 3. The maximum absolute atomic E-state index is 13.2. The summed E-state index contributed by atoms with van der Waals surface area (Å²) in [4.78, 5) is 14.5. The van der Waals surface area contributed by atoms with E-state index in [2.05, 4.69) is 15.9 Å². The summed E-state index contributed by atoms with van der Waals surface area (Å²) in [6.07, 6.45) is 0. The molecule has 0 aromatic heterocycles. The first-order valence-corrected chi connectivity index (χ1v) is 11.3. The number of halogens is 2. The van der Waals surface area contributed by atoms with Gasteiger partial charge in [0.25, 0.3) is 5.91 Å². The Labute approximate surface area is 173 Å². The summed E-state index contributed by atoms with van der Waals surface area (Å²) in [5, 5.41) is 0. The highest BCUT2D eigenvalue weighted by Crippen LogP contribution is 2.30. The summed E-state index contributed by atoms with van der Waals surface area (Å²) >= 11 is 3.40. The average Bonchev–Trinajstić information content (AvgIpc) is 2.68. The van der Waals surface area contributed by atoms with Crippen molar-refractivity contribution in [2.24, 2.45) is 0 Å². The van der Waals surface area contributed by atoms with Crippen molar-refractivity contribution >= 4 is 31.9 Å². The van der Waals surface area contributed by atoms with Crippen molar-refractivity contribution in [2.45, 2.75) is 24.7 Å². The molecule has 1 aliphatic rings. The number of rotatable bonds is 4. The van der Waals surface area contributed by atoms with Crippen LogP contribution in [0.2, 0.25) is 0 Å². The third-order valence-electron chi connectivity index (χ3n) is 4.83. The number of piperazine rings is 1. The van der Waals surface area contributed by atoms with Gasteiger partial charge in [0.05, 0.1) is 4.90 Å². The molecule has 0 atom stereocenters. The van der Waals surface area contributed by atoms with Gasteiger partial charge in [-0.15, -0.1) is 0 Å². The summed E-state index contributed by atoms with van der Waals surface area (Å²) in [5.74, 6) is -0.560. The fourth-order valence-electron chi connectivity index (χ4n) is 3.25. The minimum absolute atomic E-state index is 0.0589. The molecule has 1 fully saturated rings. The van der Waals surface area contributed by atoms with Gasteiger partial charge in [-0.25, -0.2) is 12.8 Å². The zero-order valence-electron chi connectivity index (χ0n) is 15.7. The second kappa shape index (κ2) is 8.31. The molecule has 0 N–H and O–H groups in total. The minimum atomic E-state index is -3.65. The Morgan fingerprint density at radius 1 is 1.04 bits per heavy atom. The summed E-state index contributed by atoms with van der Waals surface area (Å²) in [5.41, 5.74) is 1.16. The van der Waals surface area contributed by atoms with E-state index in [1.807, 2.05) is 19.9 Å². The standard InChI is InChI=1S/C20H22BrFN2O3S/c1-14(2)18-13-16(21)5-8-19(18)28(26,27)24-11-9-23(10-12-24)20(25)15-3-6-17(22)7-4-15/h3-8,13-14H,9-12H2,1-2H3. The molecule has 8 heteroatoms. The van der Waals surface area contributed by atoms with Crippen LogP contribution in [0.3, 0.4) is 0 Å². The number of carbonyl (C=O) groups is 1. The van der Waals surface area contributed by atoms with Gasteiger partial charge in [-0.1, -0.05) is 29.8 Å². The van der Waals surface area contributed by atoms with Gasteiger partial charge < -0.3 is 4.90 Å². The lowest BCUT2D eigenvalue weighted by molar-refractivity contribution is 0.0698. The zero-order valence-corrected chi connectivity index (χ0v) is 18.1. The molecule has 0 bridgehead atoms. The minimum Gasteiger partial charge on any atom is -0.336 e. The maximum atomic E-state index is 13.2. The fraction of sp³-hybridized carbons (Fsp3) is 0.350. The number of carbonyl (C=O) groups excluding carboxylic acids is 1. The van der Waals surface area contributed by atoms with Crippen LogP contribution in [0.5, 0.6) is 0 Å². The lowest BCUT2D eigenvalue weighted by Gasteiger charge is -2.34. The highest BCUT2D eigenvalue weighted by Gasteiger charge is 2.32. The van der Waals surface area contributed by atoms with Crippen LogP contribution in [-0.2, 0) is 10.0 Å². The third kappa shape index (κ3) is 4.29. The van der Waals surface area contributed by atoms with Gasteiger partial charge in [0.15, 0.2) is 0 Å². The van der Waals surface area contributed by atoms with E-state index in [0.717, 1.165) is 10.0 Å². The van der Waals surface area contributed by atoms with E-state index in [-0.39, 0.29) is 24.9 Å². The van der Waals surface area contributed by atoms with Gasteiger partial charge in [-0.2, -0.15) is 4.31 Å². The SMILES string of the molecule is CC(C)c1cc(Br)ccc1S(=O)(=O)N1CCN(C(=O)c2ccc(F)cc2)CC1. The van der Waals surface area contributed by atoms with Crippen LogP contribution in [0, 0.1) is 5.82 Å². The molecule has 2 aromatic rings. The lowest BCUT2D eigenvalue weighted by Crippen LogP contribution is -2.50. The monoisotopic (exact) mass is 468 g/mol. The zero-order chi connectivity index (χ0) is 20.5. The smallest absolute Gasteiger partial charge is 0.253 e. The van der Waals surface area contributed by atoms with Crippen LogP contribution >= 0.6 is 15.9 Å². The molecule has 150 valence electrons. The number of hydrogen-bond donors (Lipinski definition) is 0. The molecule has 2 aromatic carbocycles. The molecule has 0 saturated carbocycles. The van der Waals surface area contributed by atoms with Crippen LogP contribution < -0.4 is 0 Å². The number of sulfonamides is 1. The molecule has 0 unspecified atom stereocenters. The molecule has 5 nitrogen and oxygen atoms in total. The van der Waals surface area contributed by atoms with E-state index in [4.69, 9.17) is 0 Å². The van der Waals surface area contributed by atoms with E-state index in [1.165, 1.54) is 28.6 Å². The molecular formula is C20H22BrFN2O3S. The number of amides is 1. The first-order valence-electron chi connectivity index (χ1n) is 9.04. The Hall–Kier alpha value is -1.77. The predicted octanol–water partition coefficient (Wildman–Crippen LogP) is 3.86. The predicted molar refractivity (Wildman–Crippen MR) is 109 cm³/mol. The van der Waals surface area contributed by atoms with Gasteiger partial charge in [-0.3, -0.25) is 4.79 Å². The van der Waals surface area contributed by atoms with Crippen molar-refractivity contribution < 1.29 is 17.6 Å². The van der Waals surface area contributed by atoms with Gasteiger partial charge in [-0.05, 0) is 53.9 Å². The van der Waals surface area contributed by atoms with Crippen molar-refractivity contribution in [3.63, 3.8) is 0 Å². The van der Waals surface area contributed by atoms with Crippen LogP contribution in [0.1, 0.15) is 35.7 Å². The van der Waals surface area contributed by atoms with E-state index in [1.54, 1.807) is 17.0 Å². The molecular weight excluding hydrogens is 447 g/mol. The van der Waals surface area contributed by atoms with E-state index < -0.39 is 15.8 Å². The largest absolute Gasteiger partial charge is 0.336 e. The summed E-state index contributed by atoms with van der Waals surface area (Å²) in [6.45, 7) is 4.96. The van der Waals surface area contributed by atoms with Crippen LogP contribution in [0.25, 0.3) is 0 Å². The topological polar surface area (TPSA) is 57.7 Å². The first-order chi connectivity index (χ1) is 13.2. The van der Waals surface area contributed by atoms with Gasteiger partial charge >= 0.3 is 0 Å². The van der Waals surface area contributed by atoms with Gasteiger partial charge in [0.1, 0.15) is 5.82 Å². The average molecular weight is 469 g/mol. The van der Waals surface area contributed by atoms with Crippen LogP contribution in [0.4, 0.5) is 4.39 Å². The Kier molecular flexibility index (Phi) is 6.21. The Balaban J connectivity index is 1.75. The first kappa shape index (κ1) is 21.0. The molecule has 1 amide bonds. The molecule has 28 heavy (non-hydrogen) atoms. The second-order valence-corrected chi connectivity index (χ2v) is 9.86. The van der Waals surface area contributed by atoms with Crippen molar-refractivity contribution in [1.82, 2.24) is 9.21 Å². The molecule has 1 saturated heterocycles. The molecule has 0 radical (unpaired) electrons. The van der Waals surface area contributed by atoms with Crippen molar-refractivity contribution in [3.05, 3.63) is 63.9 Å². The molecule has 0 aliphatic carbocycles. The van der Waals surface area contributed by atoms with E-state index in [9.17, 15) is 17.6 Å². The van der Waals surface area contributed by atoms with E-state index in [0.29, 0.717) is 23.5 Å². The molecule has 1 aliphatic heterocycles. The Bertz CT molecular complexity index is 969. The van der Waals surface area contributed by atoms with Crippen molar-refractivity contribution in [3.8, 4) is 0 Å². The van der Waals surface area contributed by atoms with Crippen molar-refractivity contribution in [2.75, 3.05) is 26.2 Å². The van der Waals surface area contributed by atoms with Crippen LogP contribution in [0.15, 0.2) is 51.8 Å². The molecule has 0 spiro atoms. The Morgan fingerprint density at radius 2 is 1.64 bits per heavy atom. The van der Waals surface area contributed by atoms with Gasteiger partial charge in [0, 0.05) is 36.2 Å². The van der Waals surface area contributed by atoms with E-state index >= 15 is 0 Å². The maximum Gasteiger partial charge on any atom is 0.253 e. The highest BCUT2D eigenvalue weighted by molar-refractivity contribution is 9.10. The molecule has 3 rings (SSSR count). The van der Waals surface area contributed by atoms with Crippen LogP contribution in [-0.4, -0.2) is 49.7 Å². The van der Waals surface area contributed by atoms with Crippen molar-refractivity contribution in [1.29, 1.82) is 0 Å². The second-order valence-electron chi connectivity index (χ2n) is 7.04. The highest BCUT2D eigenvalue weighted by atomic mass is 79.9. The number of benzene rings is 2. The summed E-state index contributed by atoms with van der Waals surface area (Å²) in [6, 6.07) is 10.6. The van der Waals surface area contributed by atoms with Gasteiger partial charge in [0.2, 0.25) is 10.0 Å². The Morgan fingerprint density at radius 3 is 2.21 bits per heavy atom. The summed E-state index contributed by atoms with van der Waals surface area (Å²) in [7, 11) is -3.65. The third-order valence-corrected chi connectivity index (χ3v) is 7.29. The normalized spacial score (nSPS) is 15.8. The molecule has 1 heterocycles.